The standard InChI is InChI=1S/C17H25N3O2/c1-14-3-2-4-16(11-14)20-6-5-15(13-20)12-18-17(21)19-7-9-22-10-8-19/h2-4,11,15H,5-10,12-13H2,1H3,(H,18,21). The van der Waals surface area contributed by atoms with E-state index in [0.29, 0.717) is 32.2 Å². The molecular formula is C17H25N3O2. The zero-order chi connectivity index (χ0) is 15.4. The van der Waals surface area contributed by atoms with E-state index in [1.54, 1.807) is 0 Å². The maximum Gasteiger partial charge on any atom is 0.317 e. The molecule has 0 radical (unpaired) electrons. The fourth-order valence-corrected chi connectivity index (χ4v) is 3.17. The van der Waals surface area contributed by atoms with Crippen molar-refractivity contribution in [2.75, 3.05) is 50.8 Å². The fraction of sp³-hybridized carbons (Fsp3) is 0.588. The molecule has 0 bridgehead atoms. The van der Waals surface area contributed by atoms with Crippen molar-refractivity contribution in [3.05, 3.63) is 29.8 Å². The van der Waals surface area contributed by atoms with Crippen LogP contribution >= 0.6 is 0 Å². The highest BCUT2D eigenvalue weighted by molar-refractivity contribution is 5.74. The van der Waals surface area contributed by atoms with E-state index in [-0.39, 0.29) is 6.03 Å². The zero-order valence-electron chi connectivity index (χ0n) is 13.3. The smallest absolute Gasteiger partial charge is 0.317 e. The second kappa shape index (κ2) is 7.01. The summed E-state index contributed by atoms with van der Waals surface area (Å²) in [4.78, 5) is 16.4. The number of carbonyl (C=O) groups excluding carboxylic acids is 1. The van der Waals surface area contributed by atoms with Gasteiger partial charge in [-0.2, -0.15) is 0 Å². The van der Waals surface area contributed by atoms with Gasteiger partial charge < -0.3 is 19.9 Å². The highest BCUT2D eigenvalue weighted by Crippen LogP contribution is 2.24. The molecule has 1 unspecified atom stereocenters. The minimum atomic E-state index is 0.0531. The third-order valence-corrected chi connectivity index (χ3v) is 4.49. The van der Waals surface area contributed by atoms with Gasteiger partial charge in [0.05, 0.1) is 13.2 Å². The largest absolute Gasteiger partial charge is 0.378 e. The molecule has 2 aliphatic rings. The molecular weight excluding hydrogens is 278 g/mol. The lowest BCUT2D eigenvalue weighted by Gasteiger charge is -2.27. The summed E-state index contributed by atoms with van der Waals surface area (Å²) in [5.74, 6) is 0.533. The number of anilines is 1. The van der Waals surface area contributed by atoms with Crippen molar-refractivity contribution in [1.82, 2.24) is 10.2 Å². The van der Waals surface area contributed by atoms with Gasteiger partial charge >= 0.3 is 6.03 Å². The van der Waals surface area contributed by atoms with Crippen LogP contribution < -0.4 is 10.2 Å². The van der Waals surface area contributed by atoms with Crippen LogP contribution in [0.1, 0.15) is 12.0 Å². The number of urea groups is 1. The molecule has 2 heterocycles. The van der Waals surface area contributed by atoms with Gasteiger partial charge in [0.25, 0.3) is 0 Å². The number of ether oxygens (including phenoxy) is 1. The van der Waals surface area contributed by atoms with Crippen molar-refractivity contribution in [3.8, 4) is 0 Å². The first kappa shape index (κ1) is 15.2. The molecule has 2 fully saturated rings. The van der Waals surface area contributed by atoms with Crippen molar-refractivity contribution in [3.63, 3.8) is 0 Å². The maximum atomic E-state index is 12.1. The van der Waals surface area contributed by atoms with Crippen molar-refractivity contribution in [1.29, 1.82) is 0 Å². The van der Waals surface area contributed by atoms with E-state index >= 15 is 0 Å². The third kappa shape index (κ3) is 3.71. The molecule has 2 saturated heterocycles. The minimum absolute atomic E-state index is 0.0531. The molecule has 0 aliphatic carbocycles. The van der Waals surface area contributed by atoms with E-state index in [1.165, 1.54) is 11.3 Å². The molecule has 0 aromatic heterocycles. The first-order chi connectivity index (χ1) is 10.7. The van der Waals surface area contributed by atoms with Gasteiger partial charge in [0.15, 0.2) is 0 Å². The Morgan fingerprint density at radius 2 is 2.14 bits per heavy atom. The Hall–Kier alpha value is -1.75. The number of carbonyl (C=O) groups is 1. The van der Waals surface area contributed by atoms with E-state index in [9.17, 15) is 4.79 Å². The Labute approximate surface area is 132 Å². The number of amides is 2. The van der Waals surface area contributed by atoms with Crippen molar-refractivity contribution in [2.24, 2.45) is 5.92 Å². The van der Waals surface area contributed by atoms with E-state index in [2.05, 4.69) is 41.4 Å². The maximum absolute atomic E-state index is 12.1. The minimum Gasteiger partial charge on any atom is -0.378 e. The number of aryl methyl sites for hydroxylation is 1. The quantitative estimate of drug-likeness (QED) is 0.927. The molecule has 0 saturated carbocycles. The first-order valence-corrected chi connectivity index (χ1v) is 8.14. The van der Waals surface area contributed by atoms with E-state index in [0.717, 1.165) is 26.1 Å². The van der Waals surface area contributed by atoms with Gasteiger partial charge in [-0.15, -0.1) is 0 Å². The summed E-state index contributed by atoms with van der Waals surface area (Å²) in [7, 11) is 0. The predicted octanol–water partition coefficient (Wildman–Crippen LogP) is 1.86. The lowest BCUT2D eigenvalue weighted by atomic mass is 10.1. The van der Waals surface area contributed by atoms with Gasteiger partial charge in [0.2, 0.25) is 0 Å². The third-order valence-electron chi connectivity index (χ3n) is 4.49. The van der Waals surface area contributed by atoms with Gasteiger partial charge in [-0.05, 0) is 37.0 Å². The zero-order valence-corrected chi connectivity index (χ0v) is 13.3. The monoisotopic (exact) mass is 303 g/mol. The van der Waals surface area contributed by atoms with Crippen LogP contribution in [0.2, 0.25) is 0 Å². The van der Waals surface area contributed by atoms with Gasteiger partial charge in [0, 0.05) is 38.4 Å². The molecule has 2 amide bonds. The van der Waals surface area contributed by atoms with Crippen molar-refractivity contribution < 1.29 is 9.53 Å². The number of nitrogens with one attached hydrogen (secondary N) is 1. The predicted molar refractivity (Wildman–Crippen MR) is 87.3 cm³/mol. The summed E-state index contributed by atoms with van der Waals surface area (Å²) in [6.45, 7) is 7.68. The Balaban J connectivity index is 1.46. The molecule has 1 aromatic rings. The van der Waals surface area contributed by atoms with Crippen LogP contribution in [0.4, 0.5) is 10.5 Å². The van der Waals surface area contributed by atoms with Crippen molar-refractivity contribution in [2.45, 2.75) is 13.3 Å². The number of nitrogens with zero attached hydrogens (tertiary/aromatic N) is 2. The Kier molecular flexibility index (Phi) is 4.83. The normalized spacial score (nSPS) is 22.0. The number of hydrogen-bond acceptors (Lipinski definition) is 3. The summed E-state index contributed by atoms with van der Waals surface area (Å²) in [6.07, 6.45) is 1.14. The molecule has 120 valence electrons. The number of rotatable bonds is 3. The molecule has 22 heavy (non-hydrogen) atoms. The average Bonchev–Trinajstić information content (AvgIpc) is 3.02. The number of benzene rings is 1. The fourth-order valence-electron chi connectivity index (χ4n) is 3.17. The lowest BCUT2D eigenvalue weighted by Crippen LogP contribution is -2.47. The molecule has 2 aliphatic heterocycles. The van der Waals surface area contributed by atoms with E-state index in [1.807, 2.05) is 4.90 Å². The summed E-state index contributed by atoms with van der Waals surface area (Å²) >= 11 is 0. The average molecular weight is 303 g/mol. The van der Waals surface area contributed by atoms with E-state index in [4.69, 9.17) is 4.74 Å². The Bertz CT molecular complexity index is 514. The lowest BCUT2D eigenvalue weighted by molar-refractivity contribution is 0.0530. The van der Waals surface area contributed by atoms with Crippen LogP contribution in [-0.2, 0) is 4.74 Å². The van der Waals surface area contributed by atoms with Gasteiger partial charge in [-0.25, -0.2) is 4.79 Å². The van der Waals surface area contributed by atoms with Crippen LogP contribution in [0, 0.1) is 12.8 Å². The van der Waals surface area contributed by atoms with Crippen LogP contribution in [0.25, 0.3) is 0 Å². The Morgan fingerprint density at radius 1 is 1.32 bits per heavy atom. The molecule has 5 heteroatoms. The molecule has 1 atom stereocenters. The molecule has 5 nitrogen and oxygen atoms in total. The van der Waals surface area contributed by atoms with Crippen LogP contribution in [0.5, 0.6) is 0 Å². The van der Waals surface area contributed by atoms with Gasteiger partial charge in [-0.3, -0.25) is 0 Å². The highest BCUT2D eigenvalue weighted by atomic mass is 16.5. The summed E-state index contributed by atoms with van der Waals surface area (Å²) in [5, 5.41) is 3.08. The highest BCUT2D eigenvalue weighted by Gasteiger charge is 2.24. The summed E-state index contributed by atoms with van der Waals surface area (Å²) in [6, 6.07) is 8.69. The van der Waals surface area contributed by atoms with Crippen LogP contribution in [-0.4, -0.2) is 56.9 Å². The van der Waals surface area contributed by atoms with E-state index < -0.39 is 0 Å². The summed E-state index contributed by atoms with van der Waals surface area (Å²) < 4.78 is 5.27. The summed E-state index contributed by atoms with van der Waals surface area (Å²) in [5.41, 5.74) is 2.59. The Morgan fingerprint density at radius 3 is 2.91 bits per heavy atom. The van der Waals surface area contributed by atoms with Crippen LogP contribution in [0.3, 0.4) is 0 Å². The topological polar surface area (TPSA) is 44.8 Å². The van der Waals surface area contributed by atoms with Crippen molar-refractivity contribution >= 4 is 11.7 Å². The number of morpholine rings is 1. The van der Waals surface area contributed by atoms with Crippen LogP contribution in [0.15, 0.2) is 24.3 Å². The second-order valence-corrected chi connectivity index (χ2v) is 6.23. The molecule has 0 spiro atoms. The van der Waals surface area contributed by atoms with Gasteiger partial charge in [0.1, 0.15) is 0 Å². The second-order valence-electron chi connectivity index (χ2n) is 6.23. The molecule has 1 N–H and O–H groups in total. The number of hydrogen-bond donors (Lipinski definition) is 1. The molecule has 1 aromatic carbocycles. The SMILES string of the molecule is Cc1cccc(N2CCC(CNC(=O)N3CCOCC3)C2)c1. The van der Waals surface area contributed by atoms with Gasteiger partial charge in [-0.1, -0.05) is 12.1 Å². The molecule has 3 rings (SSSR count). The first-order valence-electron chi connectivity index (χ1n) is 8.14.